The number of carbonyl (C=O) groups is 1. The fourth-order valence-electron chi connectivity index (χ4n) is 4.42. The number of nitrogens with one attached hydrogen (secondary N) is 2. The van der Waals surface area contributed by atoms with Gasteiger partial charge in [0, 0.05) is 29.9 Å². The summed E-state index contributed by atoms with van der Waals surface area (Å²) in [6.45, 7) is 2.94. The first-order valence-corrected chi connectivity index (χ1v) is 12.0. The Labute approximate surface area is 218 Å². The molecule has 3 aromatic heterocycles. The summed E-state index contributed by atoms with van der Waals surface area (Å²) in [7, 11) is 0. The molecule has 0 radical (unpaired) electrons. The van der Waals surface area contributed by atoms with Crippen molar-refractivity contribution < 1.29 is 22.4 Å². The molecule has 1 aromatic carbocycles. The van der Waals surface area contributed by atoms with Gasteiger partial charge in [-0.05, 0) is 38.1 Å². The van der Waals surface area contributed by atoms with Gasteiger partial charge in [0.05, 0.1) is 41.4 Å². The average Bonchev–Trinajstić information content (AvgIpc) is 3.60. The van der Waals surface area contributed by atoms with Crippen molar-refractivity contribution in [2.75, 3.05) is 13.1 Å². The standard InChI is InChI=1S/C25H22F4N8O2/c1-14(18-3-2-4-19(23(18)26)25(27,28)29)33-24(39)20-5-6-22(38)37(34-20)17-9-15(10-31-12-17)21-13-32-35-36(21)16-7-8-30-11-16/h2-6,9-10,12-14,16,30H,7-8,11H2,1H3,(H,33,39)/t14-,16+/m1/s1. The lowest BCUT2D eigenvalue weighted by molar-refractivity contribution is -0.140. The van der Waals surface area contributed by atoms with Crippen LogP contribution in [0.5, 0.6) is 0 Å². The van der Waals surface area contributed by atoms with Gasteiger partial charge >= 0.3 is 6.18 Å². The van der Waals surface area contributed by atoms with Crippen molar-refractivity contribution in [1.29, 1.82) is 0 Å². The van der Waals surface area contributed by atoms with Crippen LogP contribution in [0.25, 0.3) is 16.9 Å². The van der Waals surface area contributed by atoms with Crippen molar-refractivity contribution in [3.63, 3.8) is 0 Å². The van der Waals surface area contributed by atoms with E-state index in [0.29, 0.717) is 17.3 Å². The third-order valence-corrected chi connectivity index (χ3v) is 6.40. The molecular formula is C25H22F4N8O2. The summed E-state index contributed by atoms with van der Waals surface area (Å²) >= 11 is 0. The van der Waals surface area contributed by atoms with E-state index in [1.54, 1.807) is 23.1 Å². The predicted octanol–water partition coefficient (Wildman–Crippen LogP) is 3.07. The third-order valence-electron chi connectivity index (χ3n) is 6.40. The zero-order valence-corrected chi connectivity index (χ0v) is 20.5. The smallest absolute Gasteiger partial charge is 0.344 e. The molecule has 39 heavy (non-hydrogen) atoms. The van der Waals surface area contributed by atoms with E-state index < -0.39 is 35.1 Å². The summed E-state index contributed by atoms with van der Waals surface area (Å²) < 4.78 is 56.6. The summed E-state index contributed by atoms with van der Waals surface area (Å²) in [6.07, 6.45) is 0.572. The second-order valence-electron chi connectivity index (χ2n) is 9.01. The molecule has 1 amide bonds. The van der Waals surface area contributed by atoms with Crippen LogP contribution in [0.1, 0.15) is 47.0 Å². The van der Waals surface area contributed by atoms with Crippen molar-refractivity contribution in [3.8, 4) is 16.9 Å². The lowest BCUT2D eigenvalue weighted by Gasteiger charge is -2.17. The molecule has 0 saturated carbocycles. The van der Waals surface area contributed by atoms with Crippen molar-refractivity contribution in [1.82, 2.24) is 40.4 Å². The number of pyridine rings is 1. The Balaban J connectivity index is 1.41. The Kier molecular flexibility index (Phi) is 6.95. The molecule has 1 fully saturated rings. The van der Waals surface area contributed by atoms with E-state index in [4.69, 9.17) is 0 Å². The normalized spacial score (nSPS) is 16.3. The molecule has 4 heterocycles. The van der Waals surface area contributed by atoms with Crippen LogP contribution >= 0.6 is 0 Å². The number of rotatable bonds is 6. The van der Waals surface area contributed by atoms with E-state index in [0.717, 1.165) is 42.4 Å². The minimum atomic E-state index is -4.88. The van der Waals surface area contributed by atoms with Gasteiger partial charge in [0.1, 0.15) is 11.5 Å². The summed E-state index contributed by atoms with van der Waals surface area (Å²) in [4.78, 5) is 29.7. The van der Waals surface area contributed by atoms with Crippen LogP contribution in [0.2, 0.25) is 0 Å². The molecule has 1 saturated heterocycles. The molecule has 202 valence electrons. The van der Waals surface area contributed by atoms with E-state index in [1.807, 2.05) is 0 Å². The minimum Gasteiger partial charge on any atom is -0.344 e. The highest BCUT2D eigenvalue weighted by Crippen LogP contribution is 2.34. The van der Waals surface area contributed by atoms with Crippen LogP contribution in [-0.4, -0.2) is 48.8 Å². The highest BCUT2D eigenvalue weighted by atomic mass is 19.4. The zero-order valence-electron chi connectivity index (χ0n) is 20.5. The second kappa shape index (κ2) is 10.4. The number of amides is 1. The molecule has 1 aliphatic heterocycles. The van der Waals surface area contributed by atoms with E-state index in [9.17, 15) is 27.2 Å². The number of alkyl halides is 3. The number of aromatic nitrogens is 6. The molecule has 0 spiro atoms. The van der Waals surface area contributed by atoms with Gasteiger partial charge in [-0.25, -0.2) is 9.07 Å². The van der Waals surface area contributed by atoms with Crippen molar-refractivity contribution in [2.45, 2.75) is 31.6 Å². The van der Waals surface area contributed by atoms with Crippen LogP contribution in [0.15, 0.2) is 59.8 Å². The molecular weight excluding hydrogens is 520 g/mol. The van der Waals surface area contributed by atoms with E-state index in [1.165, 1.54) is 19.2 Å². The van der Waals surface area contributed by atoms with E-state index in [2.05, 4.69) is 31.0 Å². The Bertz CT molecular complexity index is 1580. The largest absolute Gasteiger partial charge is 0.419 e. The van der Waals surface area contributed by atoms with E-state index >= 15 is 0 Å². The molecule has 2 atom stereocenters. The monoisotopic (exact) mass is 542 g/mol. The Morgan fingerprint density at radius 2 is 2.00 bits per heavy atom. The highest BCUT2D eigenvalue weighted by Gasteiger charge is 2.35. The van der Waals surface area contributed by atoms with Gasteiger partial charge in [-0.1, -0.05) is 17.3 Å². The number of carbonyl (C=O) groups excluding carboxylic acids is 1. The maximum absolute atomic E-state index is 14.5. The molecule has 14 heteroatoms. The Morgan fingerprint density at radius 1 is 1.18 bits per heavy atom. The lowest BCUT2D eigenvalue weighted by atomic mass is 10.0. The first-order chi connectivity index (χ1) is 18.6. The highest BCUT2D eigenvalue weighted by molar-refractivity contribution is 5.92. The van der Waals surface area contributed by atoms with Crippen LogP contribution in [-0.2, 0) is 6.18 Å². The van der Waals surface area contributed by atoms with Crippen LogP contribution in [0, 0.1) is 5.82 Å². The fraction of sp³-hybridized carbons (Fsp3) is 0.280. The molecule has 0 unspecified atom stereocenters. The van der Waals surface area contributed by atoms with Gasteiger partial charge in [-0.2, -0.15) is 23.0 Å². The maximum Gasteiger partial charge on any atom is 0.419 e. The topological polar surface area (TPSA) is 120 Å². The number of hydrogen-bond acceptors (Lipinski definition) is 7. The predicted molar refractivity (Wildman–Crippen MR) is 130 cm³/mol. The molecule has 2 N–H and O–H groups in total. The third kappa shape index (κ3) is 5.27. The van der Waals surface area contributed by atoms with Crippen LogP contribution in [0.4, 0.5) is 17.6 Å². The summed E-state index contributed by atoms with van der Waals surface area (Å²) in [5, 5.41) is 18.0. The molecule has 4 aromatic rings. The van der Waals surface area contributed by atoms with Crippen molar-refractivity contribution in [2.24, 2.45) is 0 Å². The van der Waals surface area contributed by atoms with Gasteiger partial charge in [0.25, 0.3) is 11.5 Å². The Morgan fingerprint density at radius 3 is 2.74 bits per heavy atom. The van der Waals surface area contributed by atoms with Gasteiger partial charge in [0.2, 0.25) is 0 Å². The first-order valence-electron chi connectivity index (χ1n) is 12.0. The average molecular weight is 542 g/mol. The number of benzene rings is 1. The molecule has 10 nitrogen and oxygen atoms in total. The molecule has 5 rings (SSSR count). The molecule has 0 aliphatic carbocycles. The van der Waals surface area contributed by atoms with Gasteiger partial charge in [-0.3, -0.25) is 14.6 Å². The lowest BCUT2D eigenvalue weighted by Crippen LogP contribution is -2.31. The maximum atomic E-state index is 14.5. The molecule has 0 bridgehead atoms. The quantitative estimate of drug-likeness (QED) is 0.360. The fourth-order valence-corrected chi connectivity index (χ4v) is 4.42. The van der Waals surface area contributed by atoms with Crippen molar-refractivity contribution in [3.05, 3.63) is 88.0 Å². The number of nitrogens with zero attached hydrogens (tertiary/aromatic N) is 6. The van der Waals surface area contributed by atoms with Crippen LogP contribution < -0.4 is 16.2 Å². The van der Waals surface area contributed by atoms with E-state index in [-0.39, 0.29) is 23.0 Å². The number of halogens is 4. The minimum absolute atomic E-state index is 0.114. The Hall–Kier alpha value is -4.46. The van der Waals surface area contributed by atoms with Gasteiger partial charge < -0.3 is 10.6 Å². The molecule has 1 aliphatic rings. The zero-order chi connectivity index (χ0) is 27.7. The van der Waals surface area contributed by atoms with Crippen LogP contribution in [0.3, 0.4) is 0 Å². The summed E-state index contributed by atoms with van der Waals surface area (Å²) in [5.41, 5.74) is -0.941. The summed E-state index contributed by atoms with van der Waals surface area (Å²) in [6, 6.07) is 5.79. The van der Waals surface area contributed by atoms with Gasteiger partial charge in [-0.15, -0.1) is 5.10 Å². The van der Waals surface area contributed by atoms with Gasteiger partial charge in [0.15, 0.2) is 0 Å². The second-order valence-corrected chi connectivity index (χ2v) is 9.01. The number of hydrogen-bond donors (Lipinski definition) is 2. The first kappa shape index (κ1) is 26.2. The summed E-state index contributed by atoms with van der Waals surface area (Å²) in [5.74, 6) is -2.28. The SMILES string of the molecule is C[C@@H](NC(=O)c1ccc(=O)n(-c2cncc(-c3cnnn3[C@H]3CCNC3)c2)n1)c1cccc(C(F)(F)F)c1F. The van der Waals surface area contributed by atoms with Crippen molar-refractivity contribution >= 4 is 5.91 Å².